The van der Waals surface area contributed by atoms with Gasteiger partial charge in [0.1, 0.15) is 48.0 Å². The zero-order valence-corrected chi connectivity index (χ0v) is 44.4. The molecule has 0 saturated carbocycles. The van der Waals surface area contributed by atoms with Gasteiger partial charge in [0.2, 0.25) is 59.1 Å². The van der Waals surface area contributed by atoms with Gasteiger partial charge in [-0.25, -0.2) is 9.78 Å². The lowest BCUT2D eigenvalue weighted by Gasteiger charge is -2.31. The molecule has 2 aromatic carbocycles. The Morgan fingerprint density at radius 1 is 0.700 bits per heavy atom. The van der Waals surface area contributed by atoms with Gasteiger partial charge in [-0.1, -0.05) is 44.2 Å². The van der Waals surface area contributed by atoms with E-state index in [1.54, 1.807) is 32.2 Å². The maximum Gasteiger partial charge on any atom is 0.326 e. The van der Waals surface area contributed by atoms with E-state index in [2.05, 4.69) is 57.5 Å². The molecule has 0 bridgehead atoms. The molecule has 0 radical (unpaired) electrons. The number of phenols is 1. The van der Waals surface area contributed by atoms with E-state index in [0.717, 1.165) is 17.3 Å². The van der Waals surface area contributed by atoms with Crippen molar-refractivity contribution in [3.63, 3.8) is 0 Å². The van der Waals surface area contributed by atoms with Crippen molar-refractivity contribution in [2.24, 2.45) is 17.4 Å². The van der Waals surface area contributed by atoms with E-state index in [0.29, 0.717) is 36.2 Å². The second-order valence-corrected chi connectivity index (χ2v) is 20.2. The Hall–Kier alpha value is -8.88. The summed E-state index contributed by atoms with van der Waals surface area (Å²) in [6.07, 6.45) is 4.45. The monoisotopic (exact) mass is 1110 g/mol. The number of aromatic hydroxyl groups is 1. The molecule has 0 aliphatic carbocycles. The molecule has 8 atom stereocenters. The van der Waals surface area contributed by atoms with Crippen LogP contribution in [0.2, 0.25) is 0 Å². The van der Waals surface area contributed by atoms with Crippen LogP contribution in [0.5, 0.6) is 5.75 Å². The van der Waals surface area contributed by atoms with Gasteiger partial charge in [0.25, 0.3) is 0 Å². The van der Waals surface area contributed by atoms with Gasteiger partial charge in [0.15, 0.2) is 0 Å². The molecule has 2 fully saturated rings. The molecule has 2 aromatic heterocycles. The number of hydrogen-bond donors (Lipinski definition) is 14. The van der Waals surface area contributed by atoms with Crippen molar-refractivity contribution < 1.29 is 63.0 Å². The number of nitrogens with one attached hydrogen (secondary N) is 10. The molecule has 2 aliphatic heterocycles. The molecule has 0 spiro atoms. The van der Waals surface area contributed by atoms with Crippen LogP contribution in [-0.4, -0.2) is 163 Å². The molecule has 80 heavy (non-hydrogen) atoms. The summed E-state index contributed by atoms with van der Waals surface area (Å²) in [5.74, 6) is -9.93. The Morgan fingerprint density at radius 3 is 1.99 bits per heavy atom. The SMILES string of the molecule is CC(C)[C@H](NC(=O)[C@H](CCC(N)=O)NC(=O)[C@H](Cc1ccc(O)cc1)NC(=O)CNC(=O)[C@@H]1CCCN1)C(=O)N[C@@H](Cc1cnc[nH]1)C(=O)N[C@@H](Cc1c[nH]c2ccccc12)C(=O)N1CCC[C@H]1C(=O)N[C@@H](CCC(N)=O)C(=O)O. The molecule has 16 N–H and O–H groups in total. The molecule has 27 heteroatoms. The highest BCUT2D eigenvalue weighted by Gasteiger charge is 2.41. The highest BCUT2D eigenvalue weighted by atomic mass is 16.4. The molecule has 430 valence electrons. The van der Waals surface area contributed by atoms with Gasteiger partial charge < -0.3 is 79.1 Å². The standard InChI is InChI=1S/C53H70N14O13/c1-28(2)45(66-47(73)36(15-17-42(54)69)62-48(74)38(21-29-11-13-32(68)14-12-29)61-44(71)26-59-46(72)35-9-5-19-57-35)51(77)64-39(23-31-25-56-27-60-31)49(75)65-40(22-30-24-58-34-8-4-3-7-33(30)34)52(78)67-20-6-10-41(67)50(76)63-37(53(79)80)16-18-43(55)70/h3-4,7-8,11-14,24-25,27-28,35-41,45,57-58,68H,5-6,9-10,15-23,26H2,1-2H3,(H2,54,69)(H2,55,70)(H,56,60)(H,59,72)(H,61,71)(H,62,74)(H,63,76)(H,64,77)(H,65,75)(H,66,73)(H,79,80)/t35-,36-,37-,38-,39-,40-,41-,45-/m0/s1. The average Bonchev–Trinajstić information content (AvgIpc) is 4.30. The van der Waals surface area contributed by atoms with Crippen molar-refractivity contribution in [3.8, 4) is 5.75 Å². The fraction of sp³-hybridized carbons (Fsp3) is 0.472. The predicted octanol–water partition coefficient (Wildman–Crippen LogP) is -2.34. The number of aliphatic carboxylic acids is 1. The summed E-state index contributed by atoms with van der Waals surface area (Å²) < 4.78 is 0. The number of amides is 10. The summed E-state index contributed by atoms with van der Waals surface area (Å²) in [5, 5.41) is 41.7. The normalized spacial score (nSPS) is 17.2. The van der Waals surface area contributed by atoms with E-state index in [4.69, 9.17) is 11.5 Å². The van der Waals surface area contributed by atoms with Gasteiger partial charge in [-0.2, -0.15) is 0 Å². The van der Waals surface area contributed by atoms with Crippen LogP contribution >= 0.6 is 0 Å². The smallest absolute Gasteiger partial charge is 0.326 e. The lowest BCUT2D eigenvalue weighted by Crippen LogP contribution is -2.61. The van der Waals surface area contributed by atoms with Crippen molar-refractivity contribution in [2.45, 2.75) is 133 Å². The highest BCUT2D eigenvalue weighted by Crippen LogP contribution is 2.24. The third-order valence-corrected chi connectivity index (χ3v) is 13.8. The lowest BCUT2D eigenvalue weighted by molar-refractivity contribution is -0.145. The maximum absolute atomic E-state index is 14.8. The van der Waals surface area contributed by atoms with Crippen LogP contribution < -0.4 is 54.0 Å². The quantitative estimate of drug-likeness (QED) is 0.0271. The molecule has 0 unspecified atom stereocenters. The minimum Gasteiger partial charge on any atom is -0.508 e. The van der Waals surface area contributed by atoms with Crippen molar-refractivity contribution in [1.29, 1.82) is 0 Å². The first-order valence-corrected chi connectivity index (χ1v) is 26.4. The van der Waals surface area contributed by atoms with Crippen molar-refractivity contribution in [3.05, 3.63) is 84.1 Å². The summed E-state index contributed by atoms with van der Waals surface area (Å²) in [5.41, 5.74) is 12.9. The fourth-order valence-corrected chi connectivity index (χ4v) is 9.53. The first-order valence-electron chi connectivity index (χ1n) is 26.4. The lowest BCUT2D eigenvalue weighted by atomic mass is 10.00. The number of phenolic OH excluding ortho intramolecular Hbond substituents is 1. The van der Waals surface area contributed by atoms with E-state index < -0.39 is 132 Å². The Morgan fingerprint density at radius 2 is 1.35 bits per heavy atom. The van der Waals surface area contributed by atoms with Crippen molar-refractivity contribution in [1.82, 2.24) is 62.4 Å². The van der Waals surface area contributed by atoms with E-state index in [-0.39, 0.29) is 57.2 Å². The first-order chi connectivity index (χ1) is 38.2. The van der Waals surface area contributed by atoms with Gasteiger partial charge in [-0.15, -0.1) is 0 Å². The number of H-pyrrole nitrogens is 2. The average molecular weight is 1110 g/mol. The van der Waals surface area contributed by atoms with Gasteiger partial charge in [0.05, 0.1) is 18.9 Å². The zero-order valence-electron chi connectivity index (χ0n) is 44.4. The molecule has 4 aromatic rings. The summed E-state index contributed by atoms with van der Waals surface area (Å²) in [6.45, 7) is 3.43. The minimum absolute atomic E-state index is 0.0616. The Bertz CT molecular complexity index is 2870. The number of para-hydroxylation sites is 1. The number of carbonyl (C=O) groups excluding carboxylic acids is 10. The Kier molecular flexibility index (Phi) is 21.6. The number of carboxylic acid groups (broad SMARTS) is 1. The number of rotatable bonds is 29. The number of aromatic nitrogens is 3. The van der Waals surface area contributed by atoms with Gasteiger partial charge in [-0.05, 0) is 80.3 Å². The van der Waals surface area contributed by atoms with Crippen LogP contribution in [0.4, 0.5) is 0 Å². The van der Waals surface area contributed by atoms with Gasteiger partial charge in [0, 0.05) is 67.6 Å². The maximum atomic E-state index is 14.8. The molecular weight excluding hydrogens is 1040 g/mol. The number of benzene rings is 2. The third-order valence-electron chi connectivity index (χ3n) is 13.8. The summed E-state index contributed by atoms with van der Waals surface area (Å²) in [4.78, 5) is 159. The molecule has 6 rings (SSSR count). The number of fused-ring (bicyclic) bond motifs is 1. The van der Waals surface area contributed by atoms with E-state index in [9.17, 15) is 63.0 Å². The van der Waals surface area contributed by atoms with Crippen LogP contribution in [0, 0.1) is 5.92 Å². The first kappa shape index (κ1) is 60.4. The second kappa shape index (κ2) is 28.7. The van der Waals surface area contributed by atoms with Crippen molar-refractivity contribution in [2.75, 3.05) is 19.6 Å². The number of likely N-dealkylation sites (tertiary alicyclic amines) is 1. The zero-order chi connectivity index (χ0) is 58.0. The topological polar surface area (TPSA) is 424 Å². The van der Waals surface area contributed by atoms with Crippen LogP contribution in [-0.2, 0) is 72.0 Å². The summed E-state index contributed by atoms with van der Waals surface area (Å²) in [6, 6.07) is 2.73. The number of aromatic amines is 2. The van der Waals surface area contributed by atoms with E-state index >= 15 is 0 Å². The number of nitrogens with two attached hydrogens (primary N) is 2. The number of carboxylic acids is 1. The third kappa shape index (κ3) is 17.3. The number of imidazole rings is 1. The van der Waals surface area contributed by atoms with Crippen LogP contribution in [0.3, 0.4) is 0 Å². The number of primary amides is 2. The van der Waals surface area contributed by atoms with Crippen LogP contribution in [0.25, 0.3) is 10.9 Å². The Labute approximate surface area is 459 Å². The van der Waals surface area contributed by atoms with Crippen LogP contribution in [0.15, 0.2) is 67.3 Å². The van der Waals surface area contributed by atoms with Crippen LogP contribution in [0.1, 0.15) is 82.0 Å². The largest absolute Gasteiger partial charge is 0.508 e. The van der Waals surface area contributed by atoms with E-state index in [1.807, 2.05) is 12.1 Å². The van der Waals surface area contributed by atoms with Gasteiger partial charge >= 0.3 is 5.97 Å². The molecule has 27 nitrogen and oxygen atoms in total. The molecule has 2 aliphatic rings. The van der Waals surface area contributed by atoms with Gasteiger partial charge in [-0.3, -0.25) is 47.9 Å². The van der Waals surface area contributed by atoms with E-state index in [1.165, 1.54) is 41.7 Å². The number of carbonyl (C=O) groups is 11. The summed E-state index contributed by atoms with van der Waals surface area (Å²) in [7, 11) is 0. The second-order valence-electron chi connectivity index (χ2n) is 20.2. The molecule has 2 saturated heterocycles. The minimum atomic E-state index is -1.53. The highest BCUT2D eigenvalue weighted by molar-refractivity contribution is 5.99. The van der Waals surface area contributed by atoms with Crippen molar-refractivity contribution >= 4 is 75.9 Å². The number of nitrogens with zero attached hydrogens (tertiary/aromatic N) is 2. The fourth-order valence-electron chi connectivity index (χ4n) is 9.53. The molecular formula is C53H70N14O13. The summed E-state index contributed by atoms with van der Waals surface area (Å²) >= 11 is 0. The predicted molar refractivity (Wildman–Crippen MR) is 286 cm³/mol. The Balaban J connectivity index is 1.22. The molecule has 4 heterocycles. The molecule has 10 amide bonds. The number of hydrogen-bond acceptors (Lipinski definition) is 14.